The molecular weight excluding hydrogens is 278 g/mol. The Morgan fingerprint density at radius 1 is 1.25 bits per heavy atom. The van der Waals surface area contributed by atoms with Crippen molar-refractivity contribution in [1.29, 1.82) is 0 Å². The highest BCUT2D eigenvalue weighted by Gasteiger charge is 2.42. The van der Waals surface area contributed by atoms with Crippen LogP contribution in [0.1, 0.15) is 39.0 Å². The van der Waals surface area contributed by atoms with Crippen molar-refractivity contribution < 1.29 is 14.3 Å². The second-order valence-corrected chi connectivity index (χ2v) is 6.10. The summed E-state index contributed by atoms with van der Waals surface area (Å²) < 4.78 is 12.0. The summed E-state index contributed by atoms with van der Waals surface area (Å²) in [5, 5.41) is 2.19. The van der Waals surface area contributed by atoms with Crippen LogP contribution in [0.15, 0.2) is 18.2 Å². The molecule has 1 aliphatic heterocycles. The van der Waals surface area contributed by atoms with Crippen LogP contribution in [-0.2, 0) is 4.79 Å². The van der Waals surface area contributed by atoms with E-state index in [0.29, 0.717) is 11.4 Å². The SMILES string of the molecule is CC(Cl)C(=O)Nc1ccc2c(c1)OC1(CCCCC1)O2. The van der Waals surface area contributed by atoms with Crippen molar-refractivity contribution in [2.75, 3.05) is 5.32 Å². The monoisotopic (exact) mass is 295 g/mol. The van der Waals surface area contributed by atoms with Crippen LogP contribution in [0.4, 0.5) is 5.69 Å². The lowest BCUT2D eigenvalue weighted by molar-refractivity contribution is -0.115. The highest BCUT2D eigenvalue weighted by Crippen LogP contribution is 2.46. The van der Waals surface area contributed by atoms with Crippen LogP contribution in [0.2, 0.25) is 0 Å². The normalized spacial score (nSPS) is 20.7. The first-order valence-electron chi connectivity index (χ1n) is 7.05. The fourth-order valence-electron chi connectivity index (χ4n) is 2.71. The molecule has 3 rings (SSSR count). The van der Waals surface area contributed by atoms with Crippen LogP contribution in [0.5, 0.6) is 11.5 Å². The zero-order chi connectivity index (χ0) is 14.2. The van der Waals surface area contributed by atoms with Crippen molar-refractivity contribution in [2.24, 2.45) is 0 Å². The van der Waals surface area contributed by atoms with Crippen molar-refractivity contribution in [1.82, 2.24) is 0 Å². The van der Waals surface area contributed by atoms with Gasteiger partial charge in [0.05, 0.1) is 0 Å². The molecule has 20 heavy (non-hydrogen) atoms. The van der Waals surface area contributed by atoms with Gasteiger partial charge in [0, 0.05) is 24.6 Å². The van der Waals surface area contributed by atoms with Gasteiger partial charge in [-0.2, -0.15) is 0 Å². The Labute approximate surface area is 123 Å². The maximum absolute atomic E-state index is 11.6. The third kappa shape index (κ3) is 2.57. The van der Waals surface area contributed by atoms with Crippen molar-refractivity contribution >= 4 is 23.2 Å². The van der Waals surface area contributed by atoms with Gasteiger partial charge in [-0.3, -0.25) is 4.79 Å². The van der Waals surface area contributed by atoms with E-state index in [9.17, 15) is 4.79 Å². The Bertz CT molecular complexity index is 524. The number of nitrogens with one attached hydrogen (secondary N) is 1. The highest BCUT2D eigenvalue weighted by molar-refractivity contribution is 6.32. The smallest absolute Gasteiger partial charge is 0.251 e. The molecule has 1 heterocycles. The molecule has 0 bridgehead atoms. The number of fused-ring (bicyclic) bond motifs is 1. The highest BCUT2D eigenvalue weighted by atomic mass is 35.5. The molecule has 1 unspecified atom stereocenters. The molecule has 1 aromatic rings. The van der Waals surface area contributed by atoms with Gasteiger partial charge in [-0.1, -0.05) is 6.42 Å². The van der Waals surface area contributed by atoms with Crippen LogP contribution in [0.25, 0.3) is 0 Å². The molecule has 1 spiro atoms. The number of benzene rings is 1. The maximum Gasteiger partial charge on any atom is 0.251 e. The molecule has 0 saturated heterocycles. The third-order valence-electron chi connectivity index (χ3n) is 3.78. The number of ether oxygens (including phenoxy) is 2. The molecule has 0 radical (unpaired) electrons. The third-order valence-corrected chi connectivity index (χ3v) is 3.98. The Balaban J connectivity index is 1.76. The first-order chi connectivity index (χ1) is 9.58. The zero-order valence-corrected chi connectivity index (χ0v) is 12.2. The van der Waals surface area contributed by atoms with Gasteiger partial charge >= 0.3 is 0 Å². The second kappa shape index (κ2) is 5.17. The number of hydrogen-bond acceptors (Lipinski definition) is 3. The van der Waals surface area contributed by atoms with Crippen LogP contribution in [-0.4, -0.2) is 17.1 Å². The van der Waals surface area contributed by atoms with E-state index in [1.807, 2.05) is 6.07 Å². The summed E-state index contributed by atoms with van der Waals surface area (Å²) in [4.78, 5) is 11.6. The summed E-state index contributed by atoms with van der Waals surface area (Å²) in [5.41, 5.74) is 0.678. The van der Waals surface area contributed by atoms with Crippen LogP contribution < -0.4 is 14.8 Å². The van der Waals surface area contributed by atoms with Crippen molar-refractivity contribution in [3.05, 3.63) is 18.2 Å². The fourth-order valence-corrected chi connectivity index (χ4v) is 2.76. The minimum Gasteiger partial charge on any atom is -0.448 e. The lowest BCUT2D eigenvalue weighted by atomic mass is 9.94. The Hall–Kier alpha value is -1.42. The predicted molar refractivity (Wildman–Crippen MR) is 77.5 cm³/mol. The van der Waals surface area contributed by atoms with E-state index in [1.54, 1.807) is 19.1 Å². The quantitative estimate of drug-likeness (QED) is 0.847. The van der Waals surface area contributed by atoms with Gasteiger partial charge in [-0.25, -0.2) is 0 Å². The van der Waals surface area contributed by atoms with E-state index < -0.39 is 11.2 Å². The molecule has 1 saturated carbocycles. The lowest BCUT2D eigenvalue weighted by Gasteiger charge is -2.31. The molecule has 1 aromatic carbocycles. The fraction of sp³-hybridized carbons (Fsp3) is 0.533. The first-order valence-corrected chi connectivity index (χ1v) is 7.49. The van der Waals surface area contributed by atoms with Gasteiger partial charge in [0.25, 0.3) is 5.79 Å². The lowest BCUT2D eigenvalue weighted by Crippen LogP contribution is -2.40. The van der Waals surface area contributed by atoms with Gasteiger partial charge in [0.1, 0.15) is 5.38 Å². The maximum atomic E-state index is 11.6. The van der Waals surface area contributed by atoms with Crippen molar-refractivity contribution in [2.45, 2.75) is 50.2 Å². The molecule has 1 aliphatic carbocycles. The summed E-state index contributed by atoms with van der Waals surface area (Å²) in [5.74, 6) is 0.747. The van der Waals surface area contributed by atoms with Gasteiger partial charge in [0.2, 0.25) is 5.91 Å². The van der Waals surface area contributed by atoms with Gasteiger partial charge in [0.15, 0.2) is 11.5 Å². The topological polar surface area (TPSA) is 47.6 Å². The molecule has 5 heteroatoms. The number of hydrogen-bond donors (Lipinski definition) is 1. The number of alkyl halides is 1. The van der Waals surface area contributed by atoms with Gasteiger partial charge < -0.3 is 14.8 Å². The van der Waals surface area contributed by atoms with E-state index in [1.165, 1.54) is 6.42 Å². The molecule has 1 fully saturated rings. The van der Waals surface area contributed by atoms with Crippen LogP contribution in [0.3, 0.4) is 0 Å². The Kier molecular flexibility index (Phi) is 3.50. The average Bonchev–Trinajstić information content (AvgIpc) is 2.76. The summed E-state index contributed by atoms with van der Waals surface area (Å²) in [7, 11) is 0. The van der Waals surface area contributed by atoms with E-state index >= 15 is 0 Å². The van der Waals surface area contributed by atoms with Crippen LogP contribution in [0, 0.1) is 0 Å². The number of rotatable bonds is 2. The predicted octanol–water partition coefficient (Wildman–Crippen LogP) is 3.68. The molecule has 0 aromatic heterocycles. The molecule has 1 atom stereocenters. The van der Waals surface area contributed by atoms with Gasteiger partial charge in [-0.15, -0.1) is 11.6 Å². The van der Waals surface area contributed by atoms with Crippen molar-refractivity contribution in [3.8, 4) is 11.5 Å². The molecule has 2 aliphatic rings. The van der Waals surface area contributed by atoms with Crippen molar-refractivity contribution in [3.63, 3.8) is 0 Å². The average molecular weight is 296 g/mol. The number of carbonyl (C=O) groups excluding carboxylic acids is 1. The Morgan fingerprint density at radius 3 is 2.65 bits per heavy atom. The number of carbonyl (C=O) groups is 1. The molecule has 1 amide bonds. The van der Waals surface area contributed by atoms with E-state index in [0.717, 1.165) is 31.4 Å². The van der Waals surface area contributed by atoms with Crippen LogP contribution >= 0.6 is 11.6 Å². The summed E-state index contributed by atoms with van der Waals surface area (Å²) >= 11 is 5.74. The number of halogens is 1. The Morgan fingerprint density at radius 2 is 1.95 bits per heavy atom. The molecular formula is C15H18ClNO3. The number of amides is 1. The summed E-state index contributed by atoms with van der Waals surface area (Å²) in [6, 6.07) is 5.45. The molecule has 108 valence electrons. The minimum absolute atomic E-state index is 0.224. The number of anilines is 1. The largest absolute Gasteiger partial charge is 0.448 e. The zero-order valence-electron chi connectivity index (χ0n) is 11.4. The minimum atomic E-state index is -0.565. The van der Waals surface area contributed by atoms with E-state index in [4.69, 9.17) is 21.1 Å². The summed E-state index contributed by atoms with van der Waals surface area (Å²) in [6.07, 6.45) is 5.33. The van der Waals surface area contributed by atoms with E-state index in [-0.39, 0.29) is 5.91 Å². The van der Waals surface area contributed by atoms with E-state index in [2.05, 4.69) is 5.32 Å². The standard InChI is InChI=1S/C15H18ClNO3/c1-10(16)14(18)17-11-5-6-12-13(9-11)20-15(19-12)7-3-2-4-8-15/h5-6,9-10H,2-4,7-8H2,1H3,(H,17,18). The first kappa shape index (κ1) is 13.6. The summed E-state index contributed by atoms with van der Waals surface area (Å²) in [6.45, 7) is 1.64. The molecule has 1 N–H and O–H groups in total. The molecule has 4 nitrogen and oxygen atoms in total. The van der Waals surface area contributed by atoms with Gasteiger partial charge in [-0.05, 0) is 31.9 Å². The second-order valence-electron chi connectivity index (χ2n) is 5.44.